The number of alkyl halides is 3. The normalized spacial score (nSPS) is 14.7. The number of thiophene rings is 1. The van der Waals surface area contributed by atoms with Crippen LogP contribution in [-0.4, -0.2) is 65.7 Å². The van der Waals surface area contributed by atoms with E-state index in [1.807, 2.05) is 28.2 Å². The Balaban J connectivity index is 0.000000360. The fraction of sp³-hybridized carbons (Fsp3) is 0.421. The van der Waals surface area contributed by atoms with Gasteiger partial charge >= 0.3 is 12.1 Å². The molecule has 0 atom stereocenters. The summed E-state index contributed by atoms with van der Waals surface area (Å²) in [6.07, 6.45) is 2.34. The average molecular weight is 470 g/mol. The molecule has 4 rings (SSSR count). The predicted molar refractivity (Wildman–Crippen MR) is 109 cm³/mol. The number of piperidine rings is 1. The number of halogens is 3. The summed E-state index contributed by atoms with van der Waals surface area (Å²) in [5.74, 6) is -1.71. The SMILES string of the molecule is Cn1ccnc1C(=O)N1CCC(Cn2cc(-c3ccsc3)nn2)CC1.O=C(O)C(F)(F)F. The fourth-order valence-corrected chi connectivity index (χ4v) is 3.88. The quantitative estimate of drug-likeness (QED) is 0.629. The summed E-state index contributed by atoms with van der Waals surface area (Å²) in [5.41, 5.74) is 2.04. The third-order valence-electron chi connectivity index (χ3n) is 4.96. The van der Waals surface area contributed by atoms with Crippen molar-refractivity contribution in [3.63, 3.8) is 0 Å². The van der Waals surface area contributed by atoms with Crippen LogP contribution in [0.2, 0.25) is 0 Å². The zero-order valence-electron chi connectivity index (χ0n) is 17.1. The molecule has 1 aliphatic heterocycles. The van der Waals surface area contributed by atoms with E-state index in [4.69, 9.17) is 9.90 Å². The van der Waals surface area contributed by atoms with E-state index in [1.165, 1.54) is 0 Å². The standard InChI is InChI=1S/C17H20N6OS.C2HF3O2/c1-21-8-5-18-16(21)17(24)22-6-2-13(3-7-22)10-23-11-15(19-20-23)14-4-9-25-12-14;3-2(4,5)1(6)7/h4-5,8-9,11-13H,2-3,6-7,10H2,1H3;(H,6,7). The second kappa shape index (κ2) is 9.94. The minimum atomic E-state index is -5.08. The molecular formula is C19H21F3N6O3S. The first-order valence-corrected chi connectivity index (χ1v) is 10.6. The van der Waals surface area contributed by atoms with Crippen molar-refractivity contribution in [3.8, 4) is 11.3 Å². The minimum absolute atomic E-state index is 0.0199. The highest BCUT2D eigenvalue weighted by atomic mass is 32.1. The van der Waals surface area contributed by atoms with E-state index in [-0.39, 0.29) is 5.91 Å². The van der Waals surface area contributed by atoms with Gasteiger partial charge < -0.3 is 14.6 Å². The molecule has 0 aromatic carbocycles. The molecule has 32 heavy (non-hydrogen) atoms. The van der Waals surface area contributed by atoms with Crippen molar-refractivity contribution < 1.29 is 27.9 Å². The molecule has 0 aliphatic carbocycles. The van der Waals surface area contributed by atoms with E-state index in [0.717, 1.165) is 43.7 Å². The zero-order chi connectivity index (χ0) is 23.3. The van der Waals surface area contributed by atoms with Crippen LogP contribution in [0.4, 0.5) is 13.2 Å². The lowest BCUT2D eigenvalue weighted by Crippen LogP contribution is -2.40. The van der Waals surface area contributed by atoms with Gasteiger partial charge in [-0.2, -0.15) is 24.5 Å². The number of imidazole rings is 1. The molecule has 3 aromatic heterocycles. The van der Waals surface area contributed by atoms with E-state index in [9.17, 15) is 18.0 Å². The molecule has 1 N–H and O–H groups in total. The topological polar surface area (TPSA) is 106 Å². The number of aromatic nitrogens is 5. The summed E-state index contributed by atoms with van der Waals surface area (Å²) in [5, 5.41) is 19.8. The van der Waals surface area contributed by atoms with Crippen LogP contribution in [0.25, 0.3) is 11.3 Å². The Kier molecular flexibility index (Phi) is 7.28. The lowest BCUT2D eigenvalue weighted by Gasteiger charge is -2.31. The third-order valence-corrected chi connectivity index (χ3v) is 5.64. The molecule has 0 radical (unpaired) electrons. The van der Waals surface area contributed by atoms with Gasteiger partial charge in [-0.25, -0.2) is 9.78 Å². The highest BCUT2D eigenvalue weighted by Gasteiger charge is 2.38. The number of aryl methyl sites for hydroxylation is 1. The number of carboxylic acids is 1. The largest absolute Gasteiger partial charge is 0.490 e. The molecule has 0 spiro atoms. The van der Waals surface area contributed by atoms with Gasteiger partial charge in [0.05, 0.1) is 6.20 Å². The maximum atomic E-state index is 12.5. The smallest absolute Gasteiger partial charge is 0.475 e. The lowest BCUT2D eigenvalue weighted by atomic mass is 9.97. The summed E-state index contributed by atoms with van der Waals surface area (Å²) in [6.45, 7) is 2.38. The van der Waals surface area contributed by atoms with Crippen LogP contribution in [0, 0.1) is 5.92 Å². The molecule has 172 valence electrons. The van der Waals surface area contributed by atoms with E-state index in [1.54, 1.807) is 28.3 Å². The van der Waals surface area contributed by atoms with E-state index in [2.05, 4.69) is 26.7 Å². The first kappa shape index (κ1) is 23.4. The molecule has 9 nitrogen and oxygen atoms in total. The molecule has 4 heterocycles. The van der Waals surface area contributed by atoms with Crippen molar-refractivity contribution in [2.45, 2.75) is 25.6 Å². The number of aliphatic carboxylic acids is 1. The maximum Gasteiger partial charge on any atom is 0.490 e. The Bertz CT molecular complexity index is 1040. The van der Waals surface area contributed by atoms with Crippen LogP contribution in [0.3, 0.4) is 0 Å². The van der Waals surface area contributed by atoms with Gasteiger partial charge in [-0.1, -0.05) is 5.21 Å². The Hall–Kier alpha value is -3.22. The molecule has 3 aromatic rings. The molecule has 1 fully saturated rings. The third kappa shape index (κ3) is 5.93. The Morgan fingerprint density at radius 1 is 1.28 bits per heavy atom. The van der Waals surface area contributed by atoms with Crippen molar-refractivity contribution in [1.29, 1.82) is 0 Å². The summed E-state index contributed by atoms with van der Waals surface area (Å²) >= 11 is 1.66. The van der Waals surface area contributed by atoms with Gasteiger partial charge in [-0.15, -0.1) is 5.10 Å². The molecule has 1 amide bonds. The van der Waals surface area contributed by atoms with Crippen molar-refractivity contribution in [2.24, 2.45) is 13.0 Å². The Labute approximate surface area is 185 Å². The molecule has 0 bridgehead atoms. The van der Waals surface area contributed by atoms with Gasteiger partial charge in [0.15, 0.2) is 5.82 Å². The fourth-order valence-electron chi connectivity index (χ4n) is 3.23. The number of nitrogens with zero attached hydrogens (tertiary/aromatic N) is 6. The van der Waals surface area contributed by atoms with Gasteiger partial charge in [0.2, 0.25) is 0 Å². The maximum absolute atomic E-state index is 12.5. The molecule has 1 saturated heterocycles. The van der Waals surface area contributed by atoms with E-state index in [0.29, 0.717) is 11.7 Å². The number of hydrogen-bond acceptors (Lipinski definition) is 6. The second-order valence-electron chi connectivity index (χ2n) is 7.24. The first-order chi connectivity index (χ1) is 15.1. The van der Waals surface area contributed by atoms with E-state index < -0.39 is 12.1 Å². The number of amides is 1. The van der Waals surface area contributed by atoms with Gasteiger partial charge in [-0.05, 0) is 30.2 Å². The highest BCUT2D eigenvalue weighted by Crippen LogP contribution is 2.22. The number of carbonyl (C=O) groups excluding carboxylic acids is 1. The second-order valence-corrected chi connectivity index (χ2v) is 8.02. The highest BCUT2D eigenvalue weighted by molar-refractivity contribution is 7.08. The summed E-state index contributed by atoms with van der Waals surface area (Å²) in [4.78, 5) is 27.4. The molecular weight excluding hydrogens is 449 g/mol. The number of rotatable bonds is 4. The van der Waals surface area contributed by atoms with Gasteiger partial charge in [0, 0.05) is 50.0 Å². The van der Waals surface area contributed by atoms with Crippen LogP contribution in [0.15, 0.2) is 35.4 Å². The number of hydrogen-bond donors (Lipinski definition) is 1. The van der Waals surface area contributed by atoms with Crippen molar-refractivity contribution in [1.82, 2.24) is 29.4 Å². The van der Waals surface area contributed by atoms with Crippen molar-refractivity contribution >= 4 is 23.2 Å². The summed E-state index contributed by atoms with van der Waals surface area (Å²) in [6, 6.07) is 2.06. The molecule has 0 unspecified atom stereocenters. The van der Waals surface area contributed by atoms with Crippen LogP contribution in [-0.2, 0) is 18.4 Å². The minimum Gasteiger partial charge on any atom is -0.475 e. The van der Waals surface area contributed by atoms with Gasteiger partial charge in [0.1, 0.15) is 5.69 Å². The number of carboxylic acid groups (broad SMARTS) is 1. The van der Waals surface area contributed by atoms with Crippen LogP contribution in [0.5, 0.6) is 0 Å². The predicted octanol–water partition coefficient (Wildman–Crippen LogP) is 2.93. The average Bonchev–Trinajstić information content (AvgIpc) is 3.49. The lowest BCUT2D eigenvalue weighted by molar-refractivity contribution is -0.192. The number of carbonyl (C=O) groups is 2. The molecule has 0 saturated carbocycles. The molecule has 1 aliphatic rings. The van der Waals surface area contributed by atoms with Gasteiger partial charge in [0.25, 0.3) is 5.91 Å². The first-order valence-electron chi connectivity index (χ1n) is 9.64. The van der Waals surface area contributed by atoms with Gasteiger partial charge in [-0.3, -0.25) is 9.48 Å². The van der Waals surface area contributed by atoms with Crippen LogP contribution in [0.1, 0.15) is 23.5 Å². The Morgan fingerprint density at radius 2 is 1.97 bits per heavy atom. The number of likely N-dealkylation sites (tertiary alicyclic amines) is 1. The summed E-state index contributed by atoms with van der Waals surface area (Å²) in [7, 11) is 1.85. The van der Waals surface area contributed by atoms with Crippen molar-refractivity contribution in [2.75, 3.05) is 13.1 Å². The van der Waals surface area contributed by atoms with Crippen LogP contribution < -0.4 is 0 Å². The monoisotopic (exact) mass is 470 g/mol. The Morgan fingerprint density at radius 3 is 2.50 bits per heavy atom. The van der Waals surface area contributed by atoms with Crippen LogP contribution >= 0.6 is 11.3 Å². The van der Waals surface area contributed by atoms with E-state index >= 15 is 0 Å². The van der Waals surface area contributed by atoms with Crippen molar-refractivity contribution in [3.05, 3.63) is 41.2 Å². The summed E-state index contributed by atoms with van der Waals surface area (Å²) < 4.78 is 35.4. The zero-order valence-corrected chi connectivity index (χ0v) is 17.9. The molecule has 13 heteroatoms.